The second-order valence-corrected chi connectivity index (χ2v) is 33.4. The molecule has 28 heteroatoms. The number of para-hydroxylation sites is 3. The van der Waals surface area contributed by atoms with Gasteiger partial charge in [-0.2, -0.15) is 15.3 Å². The van der Waals surface area contributed by atoms with Crippen LogP contribution in [0.25, 0.3) is 64.0 Å². The van der Waals surface area contributed by atoms with E-state index in [2.05, 4.69) is 129 Å². The van der Waals surface area contributed by atoms with Crippen molar-refractivity contribution in [3.8, 4) is 73.6 Å². The van der Waals surface area contributed by atoms with Crippen LogP contribution in [0.3, 0.4) is 0 Å². The van der Waals surface area contributed by atoms with Crippen molar-refractivity contribution >= 4 is 135 Å². The number of aromatic nitrogens is 3. The molecule has 3 aromatic heterocycles. The van der Waals surface area contributed by atoms with Crippen molar-refractivity contribution in [2.24, 2.45) is 15.3 Å². The Kier molecular flexibility index (Phi) is 37.3. The molecule has 0 saturated heterocycles. The van der Waals surface area contributed by atoms with Crippen LogP contribution in [0.15, 0.2) is 326 Å². The molecule has 0 aliphatic carbocycles. The molecule has 25 nitrogen and oxygen atoms in total. The minimum absolute atomic E-state index is 0.239. The highest BCUT2D eigenvalue weighted by Gasteiger charge is 2.19. The second kappa shape index (κ2) is 51.8. The number of hydrogen-bond acceptors (Lipinski definition) is 28. The van der Waals surface area contributed by atoms with Crippen molar-refractivity contribution in [2.45, 2.75) is 78.6 Å². The number of benzene rings is 12. The number of esters is 6. The summed E-state index contributed by atoms with van der Waals surface area (Å²) in [6, 6.07) is 85.3. The first-order valence-corrected chi connectivity index (χ1v) is 47.0. The first-order valence-electron chi connectivity index (χ1n) is 44.6. The van der Waals surface area contributed by atoms with Crippen LogP contribution in [0.2, 0.25) is 0 Å². The summed E-state index contributed by atoms with van der Waals surface area (Å²) in [5.41, 5.74) is 23.5. The van der Waals surface area contributed by atoms with E-state index in [0.717, 1.165) is 131 Å². The molecule has 3 heterocycles. The number of nitrogens with zero attached hydrogens (tertiary/aromatic N) is 6. The number of anilines is 3. The van der Waals surface area contributed by atoms with E-state index in [-0.39, 0.29) is 6.61 Å². The SMILES string of the molecule is C=CC(=O)OCCCCOc1ccc(C(=O)Oc2ccc(-c3ccc(CCC)cc3)c(/C=N/Nc3nc4ccccc4s3)c2)cc1.C=CC(=O)OCCCCOc1ccc(C(=O)Oc2ccc(-c3ccc(OCC)cc3)cc2/C=N/Nc2nc3ccccc3s2)cc1.C=CC(=O)OCCCOc1ccc(C(=O)Oc2ccc(-c3ccc(CCC)cc3)c(/C=N/Nc3nc4ccccc4s3)c2)cc1. The molecule has 696 valence electrons. The van der Waals surface area contributed by atoms with Crippen molar-refractivity contribution in [3.05, 3.63) is 355 Å². The third-order valence-electron chi connectivity index (χ3n) is 20.4. The molecule has 0 fully saturated rings. The molecule has 0 unspecified atom stereocenters. The summed E-state index contributed by atoms with van der Waals surface area (Å²) in [6.45, 7) is 19.1. The van der Waals surface area contributed by atoms with Crippen LogP contribution in [0, 0.1) is 0 Å². The maximum atomic E-state index is 13.1. The van der Waals surface area contributed by atoms with Gasteiger partial charge in [0.05, 0.1) is 112 Å². The Labute approximate surface area is 805 Å². The lowest BCUT2D eigenvalue weighted by Gasteiger charge is -2.11. The van der Waals surface area contributed by atoms with Gasteiger partial charge in [-0.15, -0.1) is 0 Å². The van der Waals surface area contributed by atoms with E-state index in [9.17, 15) is 28.8 Å². The predicted octanol–water partition coefficient (Wildman–Crippen LogP) is 24.5. The van der Waals surface area contributed by atoms with Crippen LogP contribution in [0.5, 0.6) is 40.2 Å². The number of unbranched alkanes of at least 4 members (excludes halogenated alkanes) is 2. The van der Waals surface area contributed by atoms with Crippen molar-refractivity contribution in [1.29, 1.82) is 0 Å². The highest BCUT2D eigenvalue weighted by molar-refractivity contribution is 7.22. The van der Waals surface area contributed by atoms with Crippen LogP contribution in [-0.4, -0.2) is 116 Å². The summed E-state index contributed by atoms with van der Waals surface area (Å²) in [6.07, 6.45) is 16.0. The van der Waals surface area contributed by atoms with Crippen LogP contribution in [-0.2, 0) is 41.4 Å². The van der Waals surface area contributed by atoms with Gasteiger partial charge in [-0.25, -0.2) is 43.7 Å². The average molecular weight is 1890 g/mol. The Morgan fingerprint density at radius 1 is 0.328 bits per heavy atom. The lowest BCUT2D eigenvalue weighted by atomic mass is 9.98. The van der Waals surface area contributed by atoms with Gasteiger partial charge in [0.1, 0.15) is 40.2 Å². The molecule has 0 amide bonds. The fraction of sp³-hybridized carbons (Fsp3) is 0.174. The summed E-state index contributed by atoms with van der Waals surface area (Å²) in [5, 5.41) is 15.4. The van der Waals surface area contributed by atoms with Gasteiger partial charge in [-0.3, -0.25) is 16.3 Å². The number of ether oxygens (including phenoxy) is 10. The monoisotopic (exact) mass is 1890 g/mol. The summed E-state index contributed by atoms with van der Waals surface area (Å²) in [7, 11) is 0. The number of hydrogen-bond donors (Lipinski definition) is 3. The third-order valence-corrected chi connectivity index (χ3v) is 23.3. The number of nitrogens with one attached hydrogen (secondary N) is 3. The molecule has 0 aliphatic heterocycles. The zero-order valence-electron chi connectivity index (χ0n) is 75.8. The Bertz CT molecular complexity index is 6600. The Morgan fingerprint density at radius 3 is 1.04 bits per heavy atom. The lowest BCUT2D eigenvalue weighted by Crippen LogP contribution is -2.10. The molecule has 15 aromatic rings. The van der Waals surface area contributed by atoms with E-state index in [0.29, 0.717) is 137 Å². The summed E-state index contributed by atoms with van der Waals surface area (Å²) < 4.78 is 58.1. The van der Waals surface area contributed by atoms with Crippen LogP contribution >= 0.6 is 34.0 Å². The molecule has 0 bridgehead atoms. The van der Waals surface area contributed by atoms with Crippen LogP contribution in [0.1, 0.15) is 125 Å². The smallest absolute Gasteiger partial charge is 0.343 e. The molecule has 0 saturated carbocycles. The van der Waals surface area contributed by atoms with E-state index >= 15 is 0 Å². The summed E-state index contributed by atoms with van der Waals surface area (Å²) >= 11 is 4.54. The predicted molar refractivity (Wildman–Crippen MR) is 545 cm³/mol. The molecule has 0 aliphatic rings. The molecule has 0 atom stereocenters. The zero-order chi connectivity index (χ0) is 95.7. The topological polar surface area (TPSA) is 307 Å². The molecule has 0 spiro atoms. The van der Waals surface area contributed by atoms with Crippen LogP contribution < -0.4 is 49.4 Å². The molecule has 3 N–H and O–H groups in total. The van der Waals surface area contributed by atoms with Gasteiger partial charge in [-0.05, 0) is 248 Å². The number of thiazole rings is 3. The Morgan fingerprint density at radius 2 is 0.657 bits per heavy atom. The molecule has 15 rings (SSSR count). The number of carbonyl (C=O) groups is 6. The highest BCUT2D eigenvalue weighted by atomic mass is 32.1. The number of fused-ring (bicyclic) bond motifs is 3. The van der Waals surface area contributed by atoms with Gasteiger partial charge in [0, 0.05) is 41.3 Å². The minimum Gasteiger partial charge on any atom is -0.494 e. The quantitative estimate of drug-likeness (QED) is 0.00608. The molecular formula is C109H101N9O16S3. The van der Waals surface area contributed by atoms with Gasteiger partial charge in [0.15, 0.2) is 0 Å². The first kappa shape index (κ1) is 98.5. The minimum atomic E-state index is -0.516. The van der Waals surface area contributed by atoms with Crippen LogP contribution in [0.4, 0.5) is 15.4 Å². The maximum Gasteiger partial charge on any atom is 0.343 e. The van der Waals surface area contributed by atoms with Crippen molar-refractivity contribution in [3.63, 3.8) is 0 Å². The van der Waals surface area contributed by atoms with E-state index in [1.807, 2.05) is 128 Å². The fourth-order valence-electron chi connectivity index (χ4n) is 13.6. The van der Waals surface area contributed by atoms with Gasteiger partial charge in [0.25, 0.3) is 0 Å². The van der Waals surface area contributed by atoms with Gasteiger partial charge >= 0.3 is 35.8 Å². The van der Waals surface area contributed by atoms with Crippen molar-refractivity contribution < 1.29 is 76.1 Å². The molecule has 137 heavy (non-hydrogen) atoms. The Hall–Kier alpha value is -16.0. The van der Waals surface area contributed by atoms with Gasteiger partial charge < -0.3 is 47.4 Å². The summed E-state index contributed by atoms with van der Waals surface area (Å²) in [5.74, 6) is 0.952. The van der Waals surface area contributed by atoms with E-state index in [1.54, 1.807) is 122 Å². The van der Waals surface area contributed by atoms with Crippen molar-refractivity contribution in [2.75, 3.05) is 62.5 Å². The largest absolute Gasteiger partial charge is 0.494 e. The average Bonchev–Trinajstić information content (AvgIpc) is 1.60. The third kappa shape index (κ3) is 30.2. The number of aryl methyl sites for hydroxylation is 2. The van der Waals surface area contributed by atoms with E-state index in [4.69, 9.17) is 47.4 Å². The number of hydrazone groups is 3. The molecule has 12 aromatic carbocycles. The zero-order valence-corrected chi connectivity index (χ0v) is 78.3. The maximum absolute atomic E-state index is 13.1. The molecule has 0 radical (unpaired) electrons. The molecular weight excluding hydrogens is 1790 g/mol. The number of rotatable bonds is 44. The number of carbonyl (C=O) groups excluding carboxylic acids is 6. The first-order chi connectivity index (χ1) is 67.1. The summed E-state index contributed by atoms with van der Waals surface area (Å²) in [4.78, 5) is 86.2. The van der Waals surface area contributed by atoms with Gasteiger partial charge in [0.2, 0.25) is 15.4 Å². The van der Waals surface area contributed by atoms with Gasteiger partial charge in [-0.1, -0.05) is 196 Å². The van der Waals surface area contributed by atoms with E-state index in [1.165, 1.54) is 45.1 Å². The van der Waals surface area contributed by atoms with E-state index < -0.39 is 35.8 Å². The highest BCUT2D eigenvalue weighted by Crippen LogP contribution is 2.35. The fourth-order valence-corrected chi connectivity index (χ4v) is 16.0. The Balaban J connectivity index is 0.000000174. The van der Waals surface area contributed by atoms with Crippen molar-refractivity contribution in [1.82, 2.24) is 15.0 Å². The normalized spacial score (nSPS) is 10.9. The second-order valence-electron chi connectivity index (χ2n) is 30.3. The standard InChI is InChI=1S/C37H35N3O5S.C36H33N3O6S.C36H33N3O5S/c1-3-9-26-12-14-27(15-13-26)32-21-20-31(24-29(32)25-38-40-37-39-33-10-5-6-11-34(33)46-37)45-36(42)28-16-18-30(19-17-28)43-22-7-8-23-44-35(41)4-2;1-3-34(40)44-22-8-7-21-43-30-18-13-26(14-19-30)35(41)45-32-20-15-27(25-11-16-29(17-12-25)42-4-2)23-28(32)24-37-39-36-38-31-9-5-6-10-33(31)46-36;1-3-8-25-11-13-26(14-12-25)31-20-19-30(23-28(31)24-37-39-36-38-32-9-5-6-10-33(32)45-36)44-35(41)27-15-17-29(18-16-27)42-21-7-22-43-34(40)4-2/h4-6,10-21,24-25H,2-3,7-9,22-23H2,1H3,(H,39,40);3,5-6,9-20,23-24H,1,4,7-8,21-22H2,2H3,(H,38,39);4-6,9-20,23-24H,2-3,7-8,21-22H2,1H3,(H,38,39)/b38-25+;2*37-24+. The lowest BCUT2D eigenvalue weighted by molar-refractivity contribution is -0.138.